The minimum absolute atomic E-state index is 0.265. The predicted octanol–water partition coefficient (Wildman–Crippen LogP) is 33.1. The third-order valence-corrected chi connectivity index (χ3v) is 25.4. The van der Waals surface area contributed by atoms with Gasteiger partial charge in [0.15, 0.2) is 23.0 Å². The third kappa shape index (κ3) is 42.4. The minimum atomic E-state index is -3.25. The fraction of sp³-hybridized carbons (Fsp3) is 0.748. The van der Waals surface area contributed by atoms with Crippen molar-refractivity contribution in [3.05, 3.63) is 76.4 Å². The van der Waals surface area contributed by atoms with Crippen LogP contribution < -0.4 is 28.4 Å². The van der Waals surface area contributed by atoms with Crippen LogP contribution in [0.1, 0.15) is 493 Å². The van der Waals surface area contributed by atoms with Gasteiger partial charge in [-0.1, -0.05) is 426 Å². The number of allylic oxidation sites excluding steroid dienone is 1. The summed E-state index contributed by atoms with van der Waals surface area (Å²) in [5, 5.41) is 19.2. The van der Waals surface area contributed by atoms with E-state index >= 15 is 13.4 Å². The number of halogens is 2. The molecular formula is C107H179BF2N8O8. The first-order chi connectivity index (χ1) is 62.0. The molecular weight excluding hydrogens is 1570 g/mol. The summed E-state index contributed by atoms with van der Waals surface area (Å²) in [6, 6.07) is 7.98. The standard InChI is InChI=1S/C107H179BF2N8O8/c1-11-21-27-33-39-45-51-57-63-69-75-120-98-81-88(82-99(121-76-70-64-58-52-46-40-34-28-22-12-2)106(98)124-79-73-67-61-55-49-43-37-31-25-15-5)117-86-94(113-115-117)102-90(17-7)92(19-9)104(111-102)96(119)85-97(126-108(109)110)105-93(20-10)91(18-8)103(112-105)95-87-118(116-114-95)89-83-100(122-77-71-65-59-53-47-41-35-29-23-13-3)107(125-80-74-68-62-56-50-44-38-32-26-16-6)101(84-89)123-78-72-66-60-54-48-42-36-30-24-14-4/h81-87,111-112H,11-80H2,1-10H3/b97-85-. The summed E-state index contributed by atoms with van der Waals surface area (Å²) >= 11 is 0. The molecule has 6 rings (SSSR count). The molecule has 0 saturated heterocycles. The zero-order valence-corrected chi connectivity index (χ0v) is 81.8. The van der Waals surface area contributed by atoms with Gasteiger partial charge in [-0.15, -0.1) is 10.2 Å². The molecule has 0 spiro atoms. The number of rotatable bonds is 85. The maximum atomic E-state index is 15.3. The lowest BCUT2D eigenvalue weighted by Crippen LogP contribution is -2.09. The molecule has 0 aliphatic carbocycles. The van der Waals surface area contributed by atoms with E-state index in [1.165, 1.54) is 314 Å². The number of hydrogen-bond acceptors (Lipinski definition) is 12. The smallest absolute Gasteiger partial charge is 0.503 e. The molecule has 0 atom stereocenters. The summed E-state index contributed by atoms with van der Waals surface area (Å²) in [6.45, 7) is 25.0. The zero-order chi connectivity index (χ0) is 89.9. The second-order valence-electron chi connectivity index (χ2n) is 36.2. The molecule has 0 fully saturated rings. The fourth-order valence-electron chi connectivity index (χ4n) is 17.8. The number of H-pyrrole nitrogens is 2. The first kappa shape index (κ1) is 108. The minimum Gasteiger partial charge on any atom is -0.503 e. The molecule has 126 heavy (non-hydrogen) atoms. The number of nitrogens with one attached hydrogen (secondary N) is 2. The van der Waals surface area contributed by atoms with Gasteiger partial charge in [0.1, 0.15) is 17.1 Å². The first-order valence-corrected chi connectivity index (χ1v) is 52.7. The Balaban J connectivity index is 1.32. The zero-order valence-electron chi connectivity index (χ0n) is 81.8. The molecule has 2 N–H and O–H groups in total. The van der Waals surface area contributed by atoms with E-state index in [-0.39, 0.29) is 17.1 Å². The van der Waals surface area contributed by atoms with E-state index in [0.717, 1.165) is 99.3 Å². The van der Waals surface area contributed by atoms with Gasteiger partial charge in [0.05, 0.1) is 86.2 Å². The van der Waals surface area contributed by atoms with Crippen molar-refractivity contribution >= 4 is 19.0 Å². The Morgan fingerprint density at radius 2 is 0.532 bits per heavy atom. The molecule has 2 aromatic carbocycles. The lowest BCUT2D eigenvalue weighted by molar-refractivity contribution is 0.104. The Labute approximate surface area is 766 Å². The van der Waals surface area contributed by atoms with Gasteiger partial charge in [-0.25, -0.2) is 18.0 Å². The van der Waals surface area contributed by atoms with Crippen LogP contribution in [0, 0.1) is 0 Å². The highest BCUT2D eigenvalue weighted by Crippen LogP contribution is 2.44. The molecule has 0 bridgehead atoms. The van der Waals surface area contributed by atoms with Gasteiger partial charge in [-0.3, -0.25) is 4.79 Å². The Kier molecular flexibility index (Phi) is 60.1. The molecule has 4 heterocycles. The highest BCUT2D eigenvalue weighted by Gasteiger charge is 2.30. The maximum absolute atomic E-state index is 15.3. The number of nitrogens with zero attached hydrogens (tertiary/aromatic N) is 6. The number of ketones is 1. The average molecular weight is 1750 g/mol. The fourth-order valence-corrected chi connectivity index (χ4v) is 17.8. The van der Waals surface area contributed by atoms with Gasteiger partial charge < -0.3 is 43.0 Å². The SMILES string of the molecule is CCCCCCCCCCCCOc1cc(-n2cc(-c3[nH]c(C(=O)/C=C(\OB(F)F)c4[nH]c(-c5cn(-c6cc(OCCCCCCCCCCCC)c(OCCCCCCCCCCCC)c(OCCCCCCCCCCCC)c6)nn5)c(CC)c4CC)c(CC)c3CC)nn2)cc(OCCCCCCCCCCCC)c1OCCCCCCCCCCCC. The number of carbonyl (C=O) groups excluding carboxylic acids is 1. The van der Waals surface area contributed by atoms with Crippen molar-refractivity contribution in [2.45, 2.75) is 480 Å². The summed E-state index contributed by atoms with van der Waals surface area (Å²) in [7, 11) is -3.25. The molecule has 0 amide bonds. The van der Waals surface area contributed by atoms with Crippen molar-refractivity contribution < 1.29 is 46.5 Å². The van der Waals surface area contributed by atoms with Gasteiger partial charge >= 0.3 is 7.47 Å². The van der Waals surface area contributed by atoms with Crippen molar-refractivity contribution in [1.82, 2.24) is 40.0 Å². The number of carbonyl (C=O) groups is 1. The number of aromatic nitrogens is 8. The second-order valence-corrected chi connectivity index (χ2v) is 36.2. The summed E-state index contributed by atoms with van der Waals surface area (Å²) < 4.78 is 80.1. The molecule has 0 radical (unpaired) electrons. The molecule has 0 unspecified atom stereocenters. The van der Waals surface area contributed by atoms with Crippen LogP contribution in [0.4, 0.5) is 8.63 Å². The van der Waals surface area contributed by atoms with Crippen molar-refractivity contribution in [3.63, 3.8) is 0 Å². The summed E-state index contributed by atoms with van der Waals surface area (Å²) in [5.74, 6) is 2.92. The predicted molar refractivity (Wildman–Crippen MR) is 525 cm³/mol. The van der Waals surface area contributed by atoms with E-state index in [4.69, 9.17) is 53.7 Å². The number of benzene rings is 2. The van der Waals surface area contributed by atoms with Gasteiger partial charge in [0.25, 0.3) is 0 Å². The van der Waals surface area contributed by atoms with Crippen LogP contribution >= 0.6 is 0 Å². The van der Waals surface area contributed by atoms with Crippen molar-refractivity contribution in [2.24, 2.45) is 0 Å². The van der Waals surface area contributed by atoms with Gasteiger partial charge in [0.2, 0.25) is 17.3 Å². The van der Waals surface area contributed by atoms with Crippen LogP contribution in [0.25, 0.3) is 39.9 Å². The van der Waals surface area contributed by atoms with Crippen molar-refractivity contribution in [1.29, 1.82) is 0 Å². The number of unbranched alkanes of at least 4 members (excludes halogenated alkanes) is 54. The lowest BCUT2D eigenvalue weighted by Gasteiger charge is -2.19. The third-order valence-electron chi connectivity index (χ3n) is 25.4. The number of hydrogen-bond donors (Lipinski definition) is 2. The Hall–Kier alpha value is -6.79. The largest absolute Gasteiger partial charge is 0.796 e. The quantitative estimate of drug-likeness (QED) is 0.0122. The van der Waals surface area contributed by atoms with Crippen molar-refractivity contribution in [2.75, 3.05) is 39.6 Å². The molecule has 0 aliphatic rings. The van der Waals surface area contributed by atoms with Crippen LogP contribution in [-0.4, -0.2) is 92.9 Å². The van der Waals surface area contributed by atoms with Crippen LogP contribution in [0.3, 0.4) is 0 Å². The van der Waals surface area contributed by atoms with Crippen molar-refractivity contribution in [3.8, 4) is 68.6 Å². The average Bonchev–Trinajstić information content (AvgIpc) is 1.62. The van der Waals surface area contributed by atoms with E-state index < -0.39 is 13.3 Å². The number of ether oxygens (including phenoxy) is 6. The Morgan fingerprint density at radius 1 is 0.310 bits per heavy atom. The maximum Gasteiger partial charge on any atom is 0.796 e. The molecule has 16 nitrogen and oxygen atoms in total. The lowest BCUT2D eigenvalue weighted by atomic mass is 9.99. The Morgan fingerprint density at radius 3 is 0.770 bits per heavy atom. The van der Waals surface area contributed by atoms with Crippen LogP contribution in [0.5, 0.6) is 34.5 Å². The number of aromatic amines is 2. The molecule has 6 aromatic rings. The van der Waals surface area contributed by atoms with E-state index in [0.29, 0.717) is 134 Å². The van der Waals surface area contributed by atoms with E-state index in [1.807, 2.05) is 57.4 Å². The Bertz CT molecular complexity index is 3660. The van der Waals surface area contributed by atoms with E-state index in [1.54, 1.807) is 9.36 Å². The molecule has 19 heteroatoms. The van der Waals surface area contributed by atoms with Crippen LogP contribution in [0.2, 0.25) is 0 Å². The topological polar surface area (TPSA) is 175 Å². The molecule has 712 valence electrons. The molecule has 4 aromatic heterocycles. The van der Waals surface area contributed by atoms with Crippen LogP contribution in [-0.2, 0) is 30.3 Å². The molecule has 0 saturated carbocycles. The van der Waals surface area contributed by atoms with Gasteiger partial charge in [-0.05, 0) is 86.5 Å². The van der Waals surface area contributed by atoms with E-state index in [2.05, 4.69) is 58.4 Å². The monoisotopic (exact) mass is 1750 g/mol. The second kappa shape index (κ2) is 70.1. The normalized spacial score (nSPS) is 11.7. The summed E-state index contributed by atoms with van der Waals surface area (Å²) in [4.78, 5) is 22.2. The summed E-state index contributed by atoms with van der Waals surface area (Å²) in [5.41, 5.74) is 7.39. The van der Waals surface area contributed by atoms with Gasteiger partial charge in [0, 0.05) is 30.3 Å². The van der Waals surface area contributed by atoms with Crippen LogP contribution in [0.15, 0.2) is 42.7 Å². The van der Waals surface area contributed by atoms with E-state index in [9.17, 15) is 0 Å². The highest BCUT2D eigenvalue weighted by molar-refractivity contribution is 6.36. The first-order valence-electron chi connectivity index (χ1n) is 52.7. The highest BCUT2D eigenvalue weighted by atomic mass is 19.2. The molecule has 0 aliphatic heterocycles. The van der Waals surface area contributed by atoms with Gasteiger partial charge in [-0.2, -0.15) is 0 Å². The summed E-state index contributed by atoms with van der Waals surface area (Å²) in [6.07, 6.45) is 80.6.